The molecule has 0 spiro atoms. The van der Waals surface area contributed by atoms with Crippen LogP contribution in [0.25, 0.3) is 10.8 Å². The number of hydrogen-bond donors (Lipinski definition) is 2. The summed E-state index contributed by atoms with van der Waals surface area (Å²) in [6.45, 7) is 1.32. The smallest absolute Gasteiger partial charge is 0.325 e. The Labute approximate surface area is 191 Å². The number of fused-ring (bicyclic) bond motifs is 2. The van der Waals surface area contributed by atoms with E-state index in [1.807, 2.05) is 54.6 Å². The first-order valence-corrected chi connectivity index (χ1v) is 11.0. The van der Waals surface area contributed by atoms with Crippen molar-refractivity contribution in [1.82, 2.24) is 10.2 Å². The van der Waals surface area contributed by atoms with Crippen LogP contribution >= 0.6 is 0 Å². The number of carbonyl (C=O) groups excluding carboxylic acids is 3. The molecule has 1 aliphatic carbocycles. The molecule has 4 amide bonds. The van der Waals surface area contributed by atoms with Gasteiger partial charge in [0.2, 0.25) is 5.91 Å². The summed E-state index contributed by atoms with van der Waals surface area (Å²) in [4.78, 5) is 39.5. The van der Waals surface area contributed by atoms with Gasteiger partial charge in [0.05, 0.1) is 7.11 Å². The van der Waals surface area contributed by atoms with E-state index >= 15 is 0 Å². The Morgan fingerprint density at radius 2 is 1.79 bits per heavy atom. The van der Waals surface area contributed by atoms with Gasteiger partial charge in [-0.1, -0.05) is 24.3 Å². The molecule has 0 aromatic heterocycles. The molecule has 0 bridgehead atoms. The number of methoxy groups -OCH3 is 1. The number of carbonyl (C=O) groups is 3. The molecule has 5 rings (SSSR count). The van der Waals surface area contributed by atoms with E-state index in [1.54, 1.807) is 14.0 Å². The average molecular weight is 444 g/mol. The summed E-state index contributed by atoms with van der Waals surface area (Å²) < 4.78 is 5.26. The predicted molar refractivity (Wildman–Crippen MR) is 125 cm³/mol. The monoisotopic (exact) mass is 443 g/mol. The largest absolute Gasteiger partial charge is 0.497 e. The van der Waals surface area contributed by atoms with Crippen molar-refractivity contribution in [3.63, 3.8) is 0 Å². The molecule has 0 radical (unpaired) electrons. The zero-order valence-electron chi connectivity index (χ0n) is 18.6. The van der Waals surface area contributed by atoms with E-state index in [0.717, 1.165) is 40.7 Å². The number of ether oxygens (including phenoxy) is 1. The quantitative estimate of drug-likeness (QED) is 0.588. The number of urea groups is 1. The highest BCUT2D eigenvalue weighted by Gasteiger charge is 2.49. The van der Waals surface area contributed by atoms with Gasteiger partial charge >= 0.3 is 6.03 Å². The molecular formula is C26H25N3O4. The first-order chi connectivity index (χ1) is 15.9. The van der Waals surface area contributed by atoms with Crippen LogP contribution in [0.4, 0.5) is 10.5 Å². The van der Waals surface area contributed by atoms with Gasteiger partial charge in [-0.25, -0.2) is 4.79 Å². The number of amides is 4. The molecule has 3 aromatic rings. The number of anilines is 1. The minimum absolute atomic E-state index is 0.345. The summed E-state index contributed by atoms with van der Waals surface area (Å²) in [6, 6.07) is 16.5. The number of rotatable bonds is 5. The van der Waals surface area contributed by atoms with Gasteiger partial charge in [0.1, 0.15) is 17.8 Å². The Balaban J connectivity index is 1.33. The highest BCUT2D eigenvalue weighted by Crippen LogP contribution is 2.32. The highest BCUT2D eigenvalue weighted by atomic mass is 16.5. The van der Waals surface area contributed by atoms with Crippen molar-refractivity contribution in [3.8, 4) is 5.75 Å². The van der Waals surface area contributed by atoms with Gasteiger partial charge in [-0.15, -0.1) is 0 Å². The SMILES string of the molecule is COc1ccc2cc([C@@]3(C)NC(=O)N(CC(=O)Nc4ccc5c(c4)CCC5)C3=O)ccc2c1. The van der Waals surface area contributed by atoms with Gasteiger partial charge in [-0.3, -0.25) is 14.5 Å². The van der Waals surface area contributed by atoms with Crippen molar-refractivity contribution in [2.75, 3.05) is 19.0 Å². The van der Waals surface area contributed by atoms with Crippen LogP contribution in [0.15, 0.2) is 54.6 Å². The molecule has 7 heteroatoms. The normalized spacial score (nSPS) is 19.5. The van der Waals surface area contributed by atoms with E-state index in [9.17, 15) is 14.4 Å². The van der Waals surface area contributed by atoms with Crippen LogP contribution in [0.2, 0.25) is 0 Å². The molecule has 3 aromatic carbocycles. The maximum absolute atomic E-state index is 13.3. The number of hydrogen-bond acceptors (Lipinski definition) is 4. The summed E-state index contributed by atoms with van der Waals surface area (Å²) in [6.07, 6.45) is 3.19. The van der Waals surface area contributed by atoms with Crippen LogP contribution in [0.1, 0.15) is 30.0 Å². The van der Waals surface area contributed by atoms with Crippen LogP contribution in [0, 0.1) is 0 Å². The van der Waals surface area contributed by atoms with Gasteiger partial charge in [0, 0.05) is 5.69 Å². The molecule has 0 unspecified atom stereocenters. The fourth-order valence-corrected chi connectivity index (χ4v) is 4.69. The third kappa shape index (κ3) is 3.69. The molecule has 1 aliphatic heterocycles. The molecular weight excluding hydrogens is 418 g/mol. The third-order valence-corrected chi connectivity index (χ3v) is 6.58. The highest BCUT2D eigenvalue weighted by molar-refractivity contribution is 6.10. The summed E-state index contributed by atoms with van der Waals surface area (Å²) in [5, 5.41) is 7.47. The third-order valence-electron chi connectivity index (χ3n) is 6.58. The van der Waals surface area contributed by atoms with Crippen molar-refractivity contribution in [1.29, 1.82) is 0 Å². The predicted octanol–water partition coefficient (Wildman–Crippen LogP) is 3.74. The van der Waals surface area contributed by atoms with Gasteiger partial charge in [0.15, 0.2) is 0 Å². The summed E-state index contributed by atoms with van der Waals surface area (Å²) in [5.41, 5.74) is 2.63. The van der Waals surface area contributed by atoms with E-state index < -0.39 is 23.4 Å². The Morgan fingerprint density at radius 1 is 1.03 bits per heavy atom. The van der Waals surface area contributed by atoms with Crippen LogP contribution in [-0.4, -0.2) is 36.4 Å². The maximum Gasteiger partial charge on any atom is 0.325 e. The zero-order chi connectivity index (χ0) is 23.2. The van der Waals surface area contributed by atoms with E-state index in [4.69, 9.17) is 4.74 Å². The molecule has 0 saturated carbocycles. The Morgan fingerprint density at radius 3 is 2.61 bits per heavy atom. The lowest BCUT2D eigenvalue weighted by Crippen LogP contribution is -2.42. The van der Waals surface area contributed by atoms with Gasteiger partial charge < -0.3 is 15.4 Å². The summed E-state index contributed by atoms with van der Waals surface area (Å²) in [7, 11) is 1.61. The van der Waals surface area contributed by atoms with E-state index in [2.05, 4.69) is 10.6 Å². The molecule has 1 fully saturated rings. The summed E-state index contributed by atoms with van der Waals surface area (Å²) in [5.74, 6) is -0.122. The molecule has 7 nitrogen and oxygen atoms in total. The van der Waals surface area contributed by atoms with Crippen molar-refractivity contribution in [2.24, 2.45) is 0 Å². The second-order valence-electron chi connectivity index (χ2n) is 8.76. The number of nitrogens with one attached hydrogen (secondary N) is 2. The van der Waals surface area contributed by atoms with Crippen LogP contribution in [0.3, 0.4) is 0 Å². The fraction of sp³-hybridized carbons (Fsp3) is 0.269. The fourth-order valence-electron chi connectivity index (χ4n) is 4.69. The van der Waals surface area contributed by atoms with Gasteiger partial charge in [0.25, 0.3) is 5.91 Å². The van der Waals surface area contributed by atoms with Crippen LogP contribution in [-0.2, 0) is 28.0 Å². The molecule has 168 valence electrons. The first kappa shape index (κ1) is 21.0. The standard InChI is InChI=1S/C26H25N3O4/c1-26(20-9-6-19-14-22(33-2)11-8-18(19)12-20)24(31)29(25(32)28-26)15-23(30)27-21-10-7-16-4-3-5-17(16)13-21/h6-14H,3-5,15H2,1-2H3,(H,27,30)(H,28,32)/t26-/m1/s1. The molecule has 1 saturated heterocycles. The van der Waals surface area contributed by atoms with Crippen molar-refractivity contribution in [2.45, 2.75) is 31.7 Å². The van der Waals surface area contributed by atoms with Crippen molar-refractivity contribution >= 4 is 34.3 Å². The molecule has 2 aliphatic rings. The summed E-state index contributed by atoms with van der Waals surface area (Å²) >= 11 is 0. The van der Waals surface area contributed by atoms with Crippen molar-refractivity contribution < 1.29 is 19.1 Å². The molecule has 33 heavy (non-hydrogen) atoms. The Kier molecular flexibility index (Phi) is 5.04. The van der Waals surface area contributed by atoms with Crippen molar-refractivity contribution in [3.05, 3.63) is 71.3 Å². The Hall–Kier alpha value is -3.87. The topological polar surface area (TPSA) is 87.7 Å². The molecule has 2 N–H and O–H groups in total. The first-order valence-electron chi connectivity index (χ1n) is 11.0. The zero-order valence-corrected chi connectivity index (χ0v) is 18.6. The lowest BCUT2D eigenvalue weighted by atomic mass is 9.90. The number of nitrogens with zero attached hydrogens (tertiary/aromatic N) is 1. The minimum atomic E-state index is -1.25. The van der Waals surface area contributed by atoms with Crippen LogP contribution in [0.5, 0.6) is 5.75 Å². The van der Waals surface area contributed by atoms with Gasteiger partial charge in [-0.05, 0) is 84.0 Å². The maximum atomic E-state index is 13.3. The minimum Gasteiger partial charge on any atom is -0.497 e. The molecule has 1 atom stereocenters. The average Bonchev–Trinajstić information content (AvgIpc) is 3.36. The molecule has 1 heterocycles. The lowest BCUT2D eigenvalue weighted by Gasteiger charge is -2.22. The second-order valence-corrected chi connectivity index (χ2v) is 8.76. The second kappa shape index (κ2) is 7.92. The lowest BCUT2D eigenvalue weighted by molar-refractivity contribution is -0.133. The number of imide groups is 1. The Bertz CT molecular complexity index is 1300. The van der Waals surface area contributed by atoms with Crippen LogP contribution < -0.4 is 15.4 Å². The van der Waals surface area contributed by atoms with E-state index in [1.165, 1.54) is 11.1 Å². The number of benzene rings is 3. The van der Waals surface area contributed by atoms with E-state index in [0.29, 0.717) is 11.3 Å². The van der Waals surface area contributed by atoms with Gasteiger partial charge in [-0.2, -0.15) is 0 Å². The van der Waals surface area contributed by atoms with E-state index in [-0.39, 0.29) is 6.54 Å². The number of aryl methyl sites for hydroxylation is 2.